The van der Waals surface area contributed by atoms with Gasteiger partial charge in [-0.3, -0.25) is 0 Å². The van der Waals surface area contributed by atoms with Gasteiger partial charge in [0.25, 0.3) is 0 Å². The predicted molar refractivity (Wildman–Crippen MR) is 77.9 cm³/mol. The Morgan fingerprint density at radius 3 is 2.05 bits per heavy atom. The number of hydrogen-bond acceptors (Lipinski definition) is 1. The number of aryl methyl sites for hydroxylation is 1. The fourth-order valence-electron chi connectivity index (χ4n) is 1.54. The van der Waals surface area contributed by atoms with E-state index in [1.807, 2.05) is 26.8 Å². The lowest BCUT2D eigenvalue weighted by Crippen LogP contribution is -2.05. The average molecular weight is 278 g/mol. The Hall–Kier alpha value is -1.90. The normalized spacial score (nSPS) is 9.90. The van der Waals surface area contributed by atoms with Gasteiger partial charge in [0.05, 0.1) is 6.10 Å². The van der Waals surface area contributed by atoms with Crippen LogP contribution in [0.5, 0.6) is 5.75 Å². The molecule has 2 aromatic rings. The summed E-state index contributed by atoms with van der Waals surface area (Å²) in [5.74, 6) is 0.330. The summed E-state index contributed by atoms with van der Waals surface area (Å²) in [6.45, 7) is 5.88. The Morgan fingerprint density at radius 1 is 0.950 bits per heavy atom. The van der Waals surface area contributed by atoms with Crippen molar-refractivity contribution in [3.8, 4) is 5.75 Å². The molecule has 0 unspecified atom stereocenters. The van der Waals surface area contributed by atoms with Crippen molar-refractivity contribution in [1.82, 2.24) is 0 Å². The van der Waals surface area contributed by atoms with Gasteiger partial charge in [0, 0.05) is 0 Å². The van der Waals surface area contributed by atoms with E-state index >= 15 is 0 Å². The lowest BCUT2D eigenvalue weighted by molar-refractivity contribution is 0.242. The lowest BCUT2D eigenvalue weighted by atomic mass is 10.2. The van der Waals surface area contributed by atoms with E-state index < -0.39 is 0 Å². The molecule has 20 heavy (non-hydrogen) atoms. The van der Waals surface area contributed by atoms with E-state index in [1.54, 1.807) is 24.3 Å². The van der Waals surface area contributed by atoms with Crippen LogP contribution in [0.15, 0.2) is 48.5 Å². The summed E-state index contributed by atoms with van der Waals surface area (Å²) in [7, 11) is 0. The molecule has 0 aliphatic heterocycles. The third kappa shape index (κ3) is 6.32. The van der Waals surface area contributed by atoms with Gasteiger partial charge in [0.1, 0.15) is 17.4 Å². The van der Waals surface area contributed by atoms with Gasteiger partial charge in [-0.2, -0.15) is 0 Å². The summed E-state index contributed by atoms with van der Waals surface area (Å²) in [6, 6.07) is 12.7. The number of halogens is 2. The van der Waals surface area contributed by atoms with E-state index in [0.29, 0.717) is 5.75 Å². The molecule has 0 saturated heterocycles. The number of ether oxygens (including phenoxy) is 1. The number of rotatable bonds is 3. The van der Waals surface area contributed by atoms with Crippen molar-refractivity contribution in [2.45, 2.75) is 33.3 Å². The fourth-order valence-corrected chi connectivity index (χ4v) is 1.54. The average Bonchev–Trinajstić information content (AvgIpc) is 2.41. The van der Waals surface area contributed by atoms with Crippen LogP contribution in [0.1, 0.15) is 26.3 Å². The molecule has 0 aromatic heterocycles. The molecule has 0 fully saturated rings. The zero-order valence-electron chi connectivity index (χ0n) is 12.1. The molecule has 2 aromatic carbocycles. The fraction of sp³-hybridized carbons (Fsp3) is 0.294. The topological polar surface area (TPSA) is 9.23 Å². The van der Waals surface area contributed by atoms with Crippen LogP contribution in [0, 0.1) is 11.6 Å². The first-order chi connectivity index (χ1) is 9.51. The monoisotopic (exact) mass is 278 g/mol. The molecule has 0 amide bonds. The Kier molecular flexibility index (Phi) is 6.71. The van der Waals surface area contributed by atoms with Crippen molar-refractivity contribution in [3.05, 3.63) is 65.7 Å². The number of hydrogen-bond donors (Lipinski definition) is 0. The van der Waals surface area contributed by atoms with Gasteiger partial charge in [-0.05, 0) is 62.2 Å². The second kappa shape index (κ2) is 8.31. The van der Waals surface area contributed by atoms with Crippen LogP contribution in [0.4, 0.5) is 8.78 Å². The molecule has 0 saturated carbocycles. The van der Waals surface area contributed by atoms with E-state index in [4.69, 9.17) is 4.74 Å². The minimum absolute atomic E-state index is 0.139. The third-order valence-electron chi connectivity index (χ3n) is 2.48. The summed E-state index contributed by atoms with van der Waals surface area (Å²) in [6.07, 6.45) is 1.04. The molecule has 108 valence electrons. The molecule has 0 radical (unpaired) electrons. The maximum Gasteiger partial charge on any atom is 0.123 e. The standard InChI is InChI=1S/C9H11FO.C8H9F/c1-7(2)11-9-5-3-8(10)4-6-9;1-2-7-4-3-5-8(9)6-7/h3-7H,1-2H3;3-6H,2H2,1H3. The van der Waals surface area contributed by atoms with Crippen molar-refractivity contribution in [2.24, 2.45) is 0 Å². The van der Waals surface area contributed by atoms with E-state index in [2.05, 4.69) is 0 Å². The Morgan fingerprint density at radius 2 is 1.60 bits per heavy atom. The predicted octanol–water partition coefficient (Wildman–Crippen LogP) is 5.00. The van der Waals surface area contributed by atoms with Crippen molar-refractivity contribution >= 4 is 0 Å². The molecule has 0 heterocycles. The van der Waals surface area contributed by atoms with Crippen molar-refractivity contribution in [2.75, 3.05) is 0 Å². The van der Waals surface area contributed by atoms with E-state index in [0.717, 1.165) is 12.0 Å². The molecule has 0 spiro atoms. The smallest absolute Gasteiger partial charge is 0.123 e. The molecular formula is C17H20F2O. The highest BCUT2D eigenvalue weighted by Crippen LogP contribution is 2.12. The number of benzene rings is 2. The van der Waals surface area contributed by atoms with Gasteiger partial charge in [-0.25, -0.2) is 8.78 Å². The highest BCUT2D eigenvalue weighted by atomic mass is 19.1. The molecule has 1 nitrogen and oxygen atoms in total. The van der Waals surface area contributed by atoms with E-state index in [9.17, 15) is 8.78 Å². The molecule has 0 N–H and O–H groups in total. The van der Waals surface area contributed by atoms with Crippen molar-refractivity contribution < 1.29 is 13.5 Å². The molecule has 0 atom stereocenters. The summed E-state index contributed by atoms with van der Waals surface area (Å²) in [5, 5.41) is 0. The zero-order chi connectivity index (χ0) is 15.0. The van der Waals surface area contributed by atoms with Crippen molar-refractivity contribution in [1.29, 1.82) is 0 Å². The summed E-state index contributed by atoms with van der Waals surface area (Å²) in [4.78, 5) is 0. The van der Waals surface area contributed by atoms with Crippen LogP contribution >= 0.6 is 0 Å². The summed E-state index contributed by atoms with van der Waals surface area (Å²) in [5.41, 5.74) is 1.05. The molecule has 0 aliphatic rings. The zero-order valence-corrected chi connectivity index (χ0v) is 12.1. The summed E-state index contributed by atoms with van der Waals surface area (Å²) < 4.78 is 30.0. The van der Waals surface area contributed by atoms with Crippen LogP contribution in [-0.4, -0.2) is 6.10 Å². The first kappa shape index (κ1) is 16.2. The molecule has 3 heteroatoms. The molecule has 0 aliphatic carbocycles. The molecular weight excluding hydrogens is 258 g/mol. The Balaban J connectivity index is 0.000000204. The Labute approximate surface area is 119 Å². The van der Waals surface area contributed by atoms with Crippen LogP contribution in [0.25, 0.3) is 0 Å². The minimum atomic E-state index is -0.235. The molecule has 2 rings (SSSR count). The first-order valence-electron chi connectivity index (χ1n) is 6.68. The highest BCUT2D eigenvalue weighted by molar-refractivity contribution is 5.22. The SMILES string of the molecule is CC(C)Oc1ccc(F)cc1.CCc1cccc(F)c1. The summed E-state index contributed by atoms with van der Waals surface area (Å²) >= 11 is 0. The maximum absolute atomic E-state index is 12.4. The first-order valence-corrected chi connectivity index (χ1v) is 6.68. The maximum atomic E-state index is 12.4. The van der Waals surface area contributed by atoms with Gasteiger partial charge >= 0.3 is 0 Å². The lowest BCUT2D eigenvalue weighted by Gasteiger charge is -2.08. The quantitative estimate of drug-likeness (QED) is 0.767. The van der Waals surface area contributed by atoms with E-state index in [1.165, 1.54) is 18.2 Å². The van der Waals surface area contributed by atoms with Crippen molar-refractivity contribution in [3.63, 3.8) is 0 Å². The second-order valence-corrected chi connectivity index (χ2v) is 4.60. The van der Waals surface area contributed by atoms with Gasteiger partial charge in [0.15, 0.2) is 0 Å². The highest BCUT2D eigenvalue weighted by Gasteiger charge is 1.96. The van der Waals surface area contributed by atoms with Crippen LogP contribution in [-0.2, 0) is 6.42 Å². The third-order valence-corrected chi connectivity index (χ3v) is 2.48. The minimum Gasteiger partial charge on any atom is -0.491 e. The molecule has 0 bridgehead atoms. The Bertz CT molecular complexity index is 507. The van der Waals surface area contributed by atoms with Gasteiger partial charge in [-0.1, -0.05) is 19.1 Å². The van der Waals surface area contributed by atoms with Crippen LogP contribution < -0.4 is 4.74 Å². The van der Waals surface area contributed by atoms with Gasteiger partial charge in [0.2, 0.25) is 0 Å². The van der Waals surface area contributed by atoms with Crippen LogP contribution in [0.3, 0.4) is 0 Å². The van der Waals surface area contributed by atoms with Gasteiger partial charge < -0.3 is 4.74 Å². The van der Waals surface area contributed by atoms with E-state index in [-0.39, 0.29) is 17.7 Å². The largest absolute Gasteiger partial charge is 0.491 e. The van der Waals surface area contributed by atoms with Crippen LogP contribution in [0.2, 0.25) is 0 Å². The van der Waals surface area contributed by atoms with Gasteiger partial charge in [-0.15, -0.1) is 0 Å². The second-order valence-electron chi connectivity index (χ2n) is 4.60.